The molecule has 2 heterocycles. The Morgan fingerprint density at radius 2 is 2.04 bits per heavy atom. The van der Waals surface area contributed by atoms with E-state index in [9.17, 15) is 9.59 Å². The summed E-state index contributed by atoms with van der Waals surface area (Å²) in [6.45, 7) is 7.68. The number of carbonyl (C=O) groups is 2. The van der Waals surface area contributed by atoms with E-state index in [1.165, 1.54) is 9.75 Å². The molecule has 26 heavy (non-hydrogen) atoms. The molecule has 2 N–H and O–H groups in total. The highest BCUT2D eigenvalue weighted by atomic mass is 32.1. The van der Waals surface area contributed by atoms with Gasteiger partial charge in [0.15, 0.2) is 0 Å². The number of urea groups is 1. The van der Waals surface area contributed by atoms with Crippen LogP contribution in [0.2, 0.25) is 0 Å². The van der Waals surface area contributed by atoms with E-state index < -0.39 is 0 Å². The molecule has 1 atom stereocenters. The number of rotatable bonds is 5. The molecule has 1 fully saturated rings. The number of nitrogens with zero attached hydrogens (tertiary/aromatic N) is 1. The van der Waals surface area contributed by atoms with Gasteiger partial charge in [0, 0.05) is 22.0 Å². The lowest BCUT2D eigenvalue weighted by Crippen LogP contribution is -2.31. The van der Waals surface area contributed by atoms with Gasteiger partial charge in [-0.1, -0.05) is 12.1 Å². The van der Waals surface area contributed by atoms with E-state index in [0.717, 1.165) is 11.1 Å². The minimum absolute atomic E-state index is 0.0552. The summed E-state index contributed by atoms with van der Waals surface area (Å²) in [7, 11) is 0. The second-order valence-corrected chi connectivity index (χ2v) is 7.88. The quantitative estimate of drug-likeness (QED) is 0.825. The molecule has 138 valence electrons. The Bertz CT molecular complexity index is 801. The van der Waals surface area contributed by atoms with E-state index in [1.807, 2.05) is 31.2 Å². The van der Waals surface area contributed by atoms with Gasteiger partial charge >= 0.3 is 12.1 Å². The summed E-state index contributed by atoms with van der Waals surface area (Å²) in [4.78, 5) is 27.8. The van der Waals surface area contributed by atoms with Crippen LogP contribution in [0.25, 0.3) is 0 Å². The Morgan fingerprint density at radius 3 is 2.62 bits per heavy atom. The maximum absolute atomic E-state index is 12.2. The number of amides is 3. The van der Waals surface area contributed by atoms with Gasteiger partial charge in [-0.05, 0) is 50.1 Å². The highest BCUT2D eigenvalue weighted by molar-refractivity contribution is 7.12. The van der Waals surface area contributed by atoms with Gasteiger partial charge in [-0.15, -0.1) is 11.3 Å². The topological polar surface area (TPSA) is 70.7 Å². The first-order valence-corrected chi connectivity index (χ1v) is 9.39. The van der Waals surface area contributed by atoms with Crippen molar-refractivity contribution < 1.29 is 14.3 Å². The number of anilines is 1. The normalized spacial score (nSPS) is 14.9. The fourth-order valence-corrected chi connectivity index (χ4v) is 4.03. The van der Waals surface area contributed by atoms with Gasteiger partial charge in [0.25, 0.3) is 0 Å². The molecule has 1 aliphatic rings. The molecule has 0 spiro atoms. The van der Waals surface area contributed by atoms with Crippen LogP contribution in [0.1, 0.15) is 33.8 Å². The average molecular weight is 373 g/mol. The predicted molar refractivity (Wildman–Crippen MR) is 103 cm³/mol. The molecule has 1 aliphatic heterocycles. The molecule has 1 saturated heterocycles. The van der Waals surface area contributed by atoms with Crippen LogP contribution in [0.3, 0.4) is 0 Å². The number of benzene rings is 1. The maximum Gasteiger partial charge on any atom is 0.410 e. The van der Waals surface area contributed by atoms with Gasteiger partial charge in [0.2, 0.25) is 0 Å². The van der Waals surface area contributed by atoms with Crippen molar-refractivity contribution in [2.24, 2.45) is 0 Å². The van der Waals surface area contributed by atoms with Crippen LogP contribution in [0.5, 0.6) is 0 Å². The fraction of sp³-hybridized carbons (Fsp3) is 0.368. The maximum atomic E-state index is 12.2. The molecule has 2 aromatic rings. The summed E-state index contributed by atoms with van der Waals surface area (Å²) in [5, 5.41) is 5.81. The van der Waals surface area contributed by atoms with E-state index in [1.54, 1.807) is 16.2 Å². The first-order chi connectivity index (χ1) is 12.4. The number of hydrogen-bond donors (Lipinski definition) is 2. The Balaban J connectivity index is 1.54. The van der Waals surface area contributed by atoms with Gasteiger partial charge in [-0.25, -0.2) is 9.59 Å². The van der Waals surface area contributed by atoms with E-state index >= 15 is 0 Å². The number of thiophene rings is 1. The van der Waals surface area contributed by atoms with Crippen molar-refractivity contribution in [3.8, 4) is 0 Å². The van der Waals surface area contributed by atoms with Crippen molar-refractivity contribution in [3.63, 3.8) is 0 Å². The minimum atomic E-state index is -0.278. The molecule has 0 aliphatic carbocycles. The predicted octanol–water partition coefficient (Wildman–Crippen LogP) is 4.20. The second-order valence-electron chi connectivity index (χ2n) is 6.42. The fourth-order valence-electron chi connectivity index (χ4n) is 3.01. The van der Waals surface area contributed by atoms with Crippen molar-refractivity contribution in [1.82, 2.24) is 10.2 Å². The van der Waals surface area contributed by atoms with Crippen LogP contribution < -0.4 is 10.6 Å². The highest BCUT2D eigenvalue weighted by Crippen LogP contribution is 2.26. The molecule has 0 saturated carbocycles. The van der Waals surface area contributed by atoms with Crippen LogP contribution in [-0.2, 0) is 11.3 Å². The molecular weight excluding hydrogens is 350 g/mol. The molecule has 1 aromatic carbocycles. The zero-order valence-electron chi connectivity index (χ0n) is 15.2. The zero-order valence-corrected chi connectivity index (χ0v) is 16.0. The Kier molecular flexibility index (Phi) is 5.46. The second kappa shape index (κ2) is 7.78. The summed E-state index contributed by atoms with van der Waals surface area (Å²) in [6.07, 6.45) is -0.278. The SMILES string of the molecule is Cc1cc(C(C)NC(=O)Nc2ccc(CN3CCOC3=O)cc2)c(C)s1. The lowest BCUT2D eigenvalue weighted by Gasteiger charge is -2.15. The summed E-state index contributed by atoms with van der Waals surface area (Å²) < 4.78 is 4.92. The van der Waals surface area contributed by atoms with Crippen molar-refractivity contribution >= 4 is 29.1 Å². The Morgan fingerprint density at radius 1 is 1.31 bits per heavy atom. The Labute approximate surface area is 157 Å². The van der Waals surface area contributed by atoms with E-state index in [0.29, 0.717) is 25.4 Å². The molecule has 1 unspecified atom stereocenters. The van der Waals surface area contributed by atoms with Crippen LogP contribution in [0, 0.1) is 13.8 Å². The molecule has 0 radical (unpaired) electrons. The van der Waals surface area contributed by atoms with Crippen LogP contribution in [0.4, 0.5) is 15.3 Å². The van der Waals surface area contributed by atoms with Gasteiger partial charge < -0.3 is 20.3 Å². The summed E-state index contributed by atoms with van der Waals surface area (Å²) in [6, 6.07) is 9.29. The lowest BCUT2D eigenvalue weighted by molar-refractivity contribution is 0.157. The summed E-state index contributed by atoms with van der Waals surface area (Å²) >= 11 is 1.73. The van der Waals surface area contributed by atoms with Crippen LogP contribution in [0.15, 0.2) is 30.3 Å². The lowest BCUT2D eigenvalue weighted by atomic mass is 10.1. The van der Waals surface area contributed by atoms with Gasteiger partial charge in [-0.2, -0.15) is 0 Å². The molecule has 3 amide bonds. The monoisotopic (exact) mass is 373 g/mol. The number of cyclic esters (lactones) is 1. The van der Waals surface area contributed by atoms with Crippen molar-refractivity contribution in [1.29, 1.82) is 0 Å². The van der Waals surface area contributed by atoms with Crippen molar-refractivity contribution in [2.45, 2.75) is 33.4 Å². The molecule has 6 nitrogen and oxygen atoms in total. The average Bonchev–Trinajstić information content (AvgIpc) is 3.14. The summed E-state index contributed by atoms with van der Waals surface area (Å²) in [5.74, 6) is 0. The molecular formula is C19H23N3O3S. The highest BCUT2D eigenvalue weighted by Gasteiger charge is 2.21. The molecule has 0 bridgehead atoms. The summed E-state index contributed by atoms with van der Waals surface area (Å²) in [5.41, 5.74) is 2.85. The standard InChI is InChI=1S/C19H23N3O3S/c1-12-10-17(14(3)26-12)13(2)20-18(23)21-16-6-4-15(5-7-16)11-22-8-9-25-19(22)24/h4-7,10,13H,8-9,11H2,1-3H3,(H2,20,21,23). The van der Waals surface area contributed by atoms with Gasteiger partial charge in [0.05, 0.1) is 12.6 Å². The van der Waals surface area contributed by atoms with E-state index in [4.69, 9.17) is 4.74 Å². The van der Waals surface area contributed by atoms with E-state index in [-0.39, 0.29) is 18.2 Å². The number of ether oxygens (including phenoxy) is 1. The first kappa shape index (κ1) is 18.3. The molecule has 1 aromatic heterocycles. The van der Waals surface area contributed by atoms with E-state index in [2.05, 4.69) is 30.5 Å². The zero-order chi connectivity index (χ0) is 18.7. The Hall–Kier alpha value is -2.54. The number of carbonyl (C=O) groups excluding carboxylic acids is 2. The number of hydrogen-bond acceptors (Lipinski definition) is 4. The first-order valence-electron chi connectivity index (χ1n) is 8.57. The van der Waals surface area contributed by atoms with Gasteiger partial charge in [0.1, 0.15) is 6.61 Å². The largest absolute Gasteiger partial charge is 0.448 e. The van der Waals surface area contributed by atoms with Crippen molar-refractivity contribution in [2.75, 3.05) is 18.5 Å². The molecule has 7 heteroatoms. The third-order valence-corrected chi connectivity index (χ3v) is 5.31. The number of aryl methyl sites for hydroxylation is 2. The minimum Gasteiger partial charge on any atom is -0.448 e. The third kappa shape index (κ3) is 4.35. The van der Waals surface area contributed by atoms with Crippen LogP contribution in [-0.4, -0.2) is 30.2 Å². The molecule has 3 rings (SSSR count). The number of nitrogens with one attached hydrogen (secondary N) is 2. The smallest absolute Gasteiger partial charge is 0.410 e. The third-order valence-electron chi connectivity index (χ3n) is 4.32. The van der Waals surface area contributed by atoms with Crippen molar-refractivity contribution in [3.05, 3.63) is 51.2 Å². The van der Waals surface area contributed by atoms with Gasteiger partial charge in [-0.3, -0.25) is 0 Å². The van der Waals surface area contributed by atoms with Crippen LogP contribution >= 0.6 is 11.3 Å².